The molecular formula is C33H47N3O6. The van der Waals surface area contributed by atoms with Gasteiger partial charge in [-0.15, -0.1) is 13.2 Å². The van der Waals surface area contributed by atoms with Crippen LogP contribution in [0.3, 0.4) is 0 Å². The molecule has 2 bridgehead atoms. The van der Waals surface area contributed by atoms with Crippen molar-refractivity contribution in [1.82, 2.24) is 9.80 Å². The van der Waals surface area contributed by atoms with E-state index in [1.165, 1.54) is 0 Å². The summed E-state index contributed by atoms with van der Waals surface area (Å²) in [6.45, 7) is 14.0. The summed E-state index contributed by atoms with van der Waals surface area (Å²) in [5.74, 6) is -1.22. The molecule has 230 valence electrons. The summed E-state index contributed by atoms with van der Waals surface area (Å²) in [7, 11) is 0. The zero-order valence-electron chi connectivity index (χ0n) is 25.2. The molecular weight excluding hydrogens is 534 g/mol. The van der Waals surface area contributed by atoms with Crippen LogP contribution in [0.25, 0.3) is 0 Å². The lowest BCUT2D eigenvalue weighted by molar-refractivity contribution is -0.147. The van der Waals surface area contributed by atoms with Gasteiger partial charge in [0.1, 0.15) is 17.4 Å². The molecule has 1 aromatic carbocycles. The lowest BCUT2D eigenvalue weighted by Crippen LogP contribution is -2.56. The Morgan fingerprint density at radius 1 is 1.10 bits per heavy atom. The first-order valence-electron chi connectivity index (χ1n) is 15.5. The normalized spacial score (nSPS) is 25.8. The van der Waals surface area contributed by atoms with Crippen LogP contribution < -0.4 is 9.64 Å². The van der Waals surface area contributed by atoms with E-state index in [-0.39, 0.29) is 30.9 Å². The second-order valence-corrected chi connectivity index (χ2v) is 11.5. The van der Waals surface area contributed by atoms with E-state index in [1.807, 2.05) is 31.2 Å². The number of aliphatic hydroxyl groups excluding tert-OH is 1. The monoisotopic (exact) mass is 581 g/mol. The van der Waals surface area contributed by atoms with E-state index in [0.29, 0.717) is 63.4 Å². The molecule has 0 radical (unpaired) electrons. The highest BCUT2D eigenvalue weighted by Gasteiger charge is 2.74. The molecule has 42 heavy (non-hydrogen) atoms. The number of likely N-dealkylation sites (tertiary alicyclic amines) is 1. The topological polar surface area (TPSA) is 99.6 Å². The maximum absolute atomic E-state index is 14.3. The number of nitrogens with zero attached hydrogens (tertiary/aromatic N) is 3. The molecule has 3 heterocycles. The zero-order valence-corrected chi connectivity index (χ0v) is 25.2. The molecule has 1 spiro atoms. The first-order valence-corrected chi connectivity index (χ1v) is 15.5. The van der Waals surface area contributed by atoms with Crippen LogP contribution in [0.4, 0.5) is 5.69 Å². The van der Waals surface area contributed by atoms with Crippen molar-refractivity contribution >= 4 is 23.4 Å². The summed E-state index contributed by atoms with van der Waals surface area (Å²) in [5, 5.41) is 9.28. The highest BCUT2D eigenvalue weighted by atomic mass is 16.5. The van der Waals surface area contributed by atoms with Gasteiger partial charge in [-0.2, -0.15) is 0 Å². The summed E-state index contributed by atoms with van der Waals surface area (Å²) < 4.78 is 12.2. The second kappa shape index (κ2) is 14.3. The van der Waals surface area contributed by atoms with E-state index in [9.17, 15) is 19.5 Å². The summed E-state index contributed by atoms with van der Waals surface area (Å²) in [5.41, 5.74) is -0.351. The highest BCUT2D eigenvalue weighted by Crippen LogP contribution is 2.59. The average molecular weight is 582 g/mol. The summed E-state index contributed by atoms with van der Waals surface area (Å²) in [6, 6.07) is 6.55. The highest BCUT2D eigenvalue weighted by molar-refractivity contribution is 6.03. The number of rotatable bonds is 17. The third kappa shape index (κ3) is 5.99. The Labute approximate surface area is 250 Å². The first kappa shape index (κ1) is 31.8. The molecule has 1 aromatic rings. The number of hydrogen-bond donors (Lipinski definition) is 1. The number of amides is 3. The van der Waals surface area contributed by atoms with Gasteiger partial charge in [-0.25, -0.2) is 0 Å². The molecule has 3 aliphatic heterocycles. The maximum Gasteiger partial charge on any atom is 0.248 e. The van der Waals surface area contributed by atoms with Gasteiger partial charge < -0.3 is 29.3 Å². The van der Waals surface area contributed by atoms with Gasteiger partial charge >= 0.3 is 0 Å². The molecule has 3 amide bonds. The van der Waals surface area contributed by atoms with Crippen LogP contribution in [0.5, 0.6) is 5.75 Å². The average Bonchev–Trinajstić information content (AvgIpc) is 3.63. The Balaban J connectivity index is 1.68. The molecule has 3 fully saturated rings. The van der Waals surface area contributed by atoms with Crippen molar-refractivity contribution in [3.63, 3.8) is 0 Å². The van der Waals surface area contributed by atoms with Gasteiger partial charge in [0, 0.05) is 38.5 Å². The van der Waals surface area contributed by atoms with E-state index >= 15 is 0 Å². The molecule has 1 N–H and O–H groups in total. The number of anilines is 1. The second-order valence-electron chi connectivity index (χ2n) is 11.5. The number of fused-ring (bicyclic) bond motifs is 1. The Hall–Kier alpha value is -3.17. The quantitative estimate of drug-likeness (QED) is 0.221. The number of unbranched alkanes of at least 4 members (excludes halogenated alkanes) is 3. The van der Waals surface area contributed by atoms with Crippen LogP contribution in [0, 0.1) is 11.8 Å². The number of aliphatic hydroxyl groups is 1. The van der Waals surface area contributed by atoms with Crippen molar-refractivity contribution in [3.8, 4) is 5.75 Å². The van der Waals surface area contributed by atoms with Crippen LogP contribution in [0.15, 0.2) is 49.6 Å². The van der Waals surface area contributed by atoms with Crippen molar-refractivity contribution in [2.45, 2.75) is 76.5 Å². The lowest BCUT2D eigenvalue weighted by Gasteiger charge is -2.37. The lowest BCUT2D eigenvalue weighted by atomic mass is 9.70. The van der Waals surface area contributed by atoms with E-state index in [0.717, 1.165) is 19.3 Å². The predicted molar refractivity (Wildman–Crippen MR) is 162 cm³/mol. The molecule has 2 unspecified atom stereocenters. The SMILES string of the molecule is C=CCN(CCCC)C(=O)C1N(CCCCCO)C(=O)[C@@H]2[C@H](C(=O)N(CC=C)c3ccc(OCC)cc3)[C@@H]3CCC12O3. The van der Waals surface area contributed by atoms with Gasteiger partial charge in [0.05, 0.1) is 24.5 Å². The van der Waals surface area contributed by atoms with Gasteiger partial charge in [0.2, 0.25) is 17.7 Å². The van der Waals surface area contributed by atoms with Crippen molar-refractivity contribution in [2.75, 3.05) is 44.3 Å². The van der Waals surface area contributed by atoms with E-state index in [1.54, 1.807) is 26.9 Å². The van der Waals surface area contributed by atoms with E-state index < -0.39 is 29.6 Å². The predicted octanol–water partition coefficient (Wildman–Crippen LogP) is 3.96. The molecule has 3 aliphatic rings. The number of carbonyl (C=O) groups excluding carboxylic acids is 3. The minimum Gasteiger partial charge on any atom is -0.494 e. The van der Waals surface area contributed by atoms with Crippen LogP contribution >= 0.6 is 0 Å². The Bertz CT molecular complexity index is 1120. The fraction of sp³-hybridized carbons (Fsp3) is 0.606. The largest absolute Gasteiger partial charge is 0.494 e. The number of benzene rings is 1. The van der Waals surface area contributed by atoms with E-state index in [4.69, 9.17) is 9.47 Å². The van der Waals surface area contributed by atoms with Gasteiger partial charge in [-0.3, -0.25) is 14.4 Å². The summed E-state index contributed by atoms with van der Waals surface area (Å²) >= 11 is 0. The zero-order chi connectivity index (χ0) is 30.3. The van der Waals surface area contributed by atoms with E-state index in [2.05, 4.69) is 20.1 Å². The molecule has 3 saturated heterocycles. The molecule has 0 saturated carbocycles. The van der Waals surface area contributed by atoms with Crippen LogP contribution in [0.2, 0.25) is 0 Å². The number of carbonyl (C=O) groups is 3. The van der Waals surface area contributed by atoms with Crippen LogP contribution in [0.1, 0.15) is 58.8 Å². The Morgan fingerprint density at radius 2 is 1.83 bits per heavy atom. The Morgan fingerprint density at radius 3 is 2.48 bits per heavy atom. The summed E-state index contributed by atoms with van der Waals surface area (Å²) in [6.07, 6.45) is 7.94. The third-order valence-corrected chi connectivity index (χ3v) is 8.86. The molecule has 5 atom stereocenters. The first-order chi connectivity index (χ1) is 20.4. The fourth-order valence-electron chi connectivity index (χ4n) is 7.02. The summed E-state index contributed by atoms with van der Waals surface area (Å²) in [4.78, 5) is 48.0. The third-order valence-electron chi connectivity index (χ3n) is 8.86. The number of ether oxygens (including phenoxy) is 2. The molecule has 4 rings (SSSR count). The van der Waals surface area contributed by atoms with Crippen LogP contribution in [-0.4, -0.2) is 89.8 Å². The fourth-order valence-corrected chi connectivity index (χ4v) is 7.02. The minimum atomic E-state index is -1.04. The number of hydrogen-bond acceptors (Lipinski definition) is 6. The van der Waals surface area contributed by atoms with Gasteiger partial charge in [0.25, 0.3) is 0 Å². The molecule has 0 aromatic heterocycles. The van der Waals surface area contributed by atoms with Crippen molar-refractivity contribution < 1.29 is 29.0 Å². The maximum atomic E-state index is 14.3. The van der Waals surface area contributed by atoms with Gasteiger partial charge in [-0.05, 0) is 69.7 Å². The van der Waals surface area contributed by atoms with Gasteiger partial charge in [-0.1, -0.05) is 25.5 Å². The molecule has 9 nitrogen and oxygen atoms in total. The van der Waals surface area contributed by atoms with Crippen LogP contribution in [-0.2, 0) is 19.1 Å². The minimum absolute atomic E-state index is 0.0824. The Kier molecular flexibility index (Phi) is 10.8. The van der Waals surface area contributed by atoms with Crippen molar-refractivity contribution in [3.05, 3.63) is 49.6 Å². The standard InChI is InChI=1S/C33H47N3O6/c1-5-9-21-34(19-6-2)32(40)29-33-18-17-26(42-33)27(28(33)31(39)36(29)22-11-10-12-23-37)30(38)35(20-7-3)24-13-15-25(16-14-24)41-8-4/h6-7,13-16,26-29,37H,2-3,5,8-12,17-23H2,1,4H3/t26-,27+,28-,29?,33?/m0/s1. The molecule has 9 heteroatoms. The molecule has 0 aliphatic carbocycles. The van der Waals surface area contributed by atoms with Gasteiger partial charge in [0.15, 0.2) is 0 Å². The van der Waals surface area contributed by atoms with Crippen molar-refractivity contribution in [1.29, 1.82) is 0 Å². The smallest absolute Gasteiger partial charge is 0.248 e. The van der Waals surface area contributed by atoms with Crippen molar-refractivity contribution in [2.24, 2.45) is 11.8 Å².